The number of rotatable bonds is 5. The molecule has 0 saturated carbocycles. The van der Waals surface area contributed by atoms with E-state index in [1.54, 1.807) is 24.3 Å². The van der Waals surface area contributed by atoms with Crippen LogP contribution in [0, 0.1) is 0 Å². The second-order valence-corrected chi connectivity index (χ2v) is 6.53. The average molecular weight is 310 g/mol. The first-order chi connectivity index (χ1) is 9.97. The van der Waals surface area contributed by atoms with Crippen molar-refractivity contribution in [3.05, 3.63) is 35.9 Å². The quantitative estimate of drug-likeness (QED) is 0.814. The van der Waals surface area contributed by atoms with E-state index in [2.05, 4.69) is 4.72 Å². The fraction of sp³-hybridized carbons (Fsp3) is 0.357. The lowest BCUT2D eigenvalue weighted by Gasteiger charge is -2.26. The van der Waals surface area contributed by atoms with E-state index in [-0.39, 0.29) is 0 Å². The number of nitrogens with zero attached hydrogens (tertiary/aromatic N) is 1. The van der Waals surface area contributed by atoms with Gasteiger partial charge >= 0.3 is 16.2 Å². The van der Waals surface area contributed by atoms with Crippen LogP contribution in [0.3, 0.4) is 0 Å². The van der Waals surface area contributed by atoms with E-state index in [4.69, 9.17) is 5.11 Å². The Morgan fingerprint density at radius 1 is 1.14 bits per heavy atom. The number of piperidine rings is 1. The summed E-state index contributed by atoms with van der Waals surface area (Å²) in [6, 6.07) is 6.55. The molecule has 1 aliphatic rings. The molecule has 0 atom stereocenters. The topological polar surface area (TPSA) is 86.7 Å². The van der Waals surface area contributed by atoms with Crippen molar-refractivity contribution >= 4 is 27.9 Å². The molecule has 0 aromatic heterocycles. The average Bonchev–Trinajstić information content (AvgIpc) is 2.47. The Labute approximate surface area is 124 Å². The van der Waals surface area contributed by atoms with Crippen LogP contribution in [0.4, 0.5) is 5.69 Å². The fourth-order valence-electron chi connectivity index (χ4n) is 2.15. The number of hydrogen-bond acceptors (Lipinski definition) is 3. The lowest BCUT2D eigenvalue weighted by Crippen LogP contribution is -2.39. The molecule has 1 fully saturated rings. The highest BCUT2D eigenvalue weighted by Crippen LogP contribution is 2.17. The molecule has 1 aromatic rings. The van der Waals surface area contributed by atoms with Gasteiger partial charge in [-0.2, -0.15) is 12.7 Å². The van der Waals surface area contributed by atoms with E-state index in [9.17, 15) is 13.2 Å². The summed E-state index contributed by atoms with van der Waals surface area (Å²) >= 11 is 0. The first-order valence-corrected chi connectivity index (χ1v) is 8.20. The fourth-order valence-corrected chi connectivity index (χ4v) is 3.45. The number of benzene rings is 1. The minimum absolute atomic E-state index is 0.466. The van der Waals surface area contributed by atoms with Crippen molar-refractivity contribution in [3.63, 3.8) is 0 Å². The molecule has 1 heterocycles. The number of carboxylic acid groups (broad SMARTS) is 1. The minimum atomic E-state index is -3.50. The van der Waals surface area contributed by atoms with Crippen LogP contribution in [0.25, 0.3) is 6.08 Å². The van der Waals surface area contributed by atoms with Crippen LogP contribution in [0.15, 0.2) is 30.3 Å². The molecular weight excluding hydrogens is 292 g/mol. The molecule has 21 heavy (non-hydrogen) atoms. The molecule has 0 spiro atoms. The van der Waals surface area contributed by atoms with Gasteiger partial charge in [-0.05, 0) is 36.6 Å². The zero-order valence-electron chi connectivity index (χ0n) is 11.5. The Morgan fingerprint density at radius 2 is 1.76 bits per heavy atom. The van der Waals surface area contributed by atoms with E-state index in [1.165, 1.54) is 10.4 Å². The maximum Gasteiger partial charge on any atom is 0.328 e. The summed E-state index contributed by atoms with van der Waals surface area (Å²) in [7, 11) is -3.50. The summed E-state index contributed by atoms with van der Waals surface area (Å²) in [6.07, 6.45) is 5.33. The van der Waals surface area contributed by atoms with Crippen LogP contribution >= 0.6 is 0 Å². The standard InChI is InChI=1S/C14H18N2O4S/c17-14(18)9-6-12-4-7-13(8-5-12)15-21(19,20)16-10-2-1-3-11-16/h4-9,15H,1-3,10-11H2,(H,17,18)/b9-6+. The highest BCUT2D eigenvalue weighted by atomic mass is 32.2. The lowest BCUT2D eigenvalue weighted by atomic mass is 10.2. The van der Waals surface area contributed by atoms with Gasteiger partial charge in [0.15, 0.2) is 0 Å². The lowest BCUT2D eigenvalue weighted by molar-refractivity contribution is -0.131. The molecule has 0 aliphatic carbocycles. The van der Waals surface area contributed by atoms with Gasteiger partial charge in [0, 0.05) is 24.9 Å². The molecule has 114 valence electrons. The summed E-state index contributed by atoms with van der Waals surface area (Å²) in [6.45, 7) is 1.10. The van der Waals surface area contributed by atoms with E-state index in [0.29, 0.717) is 24.3 Å². The van der Waals surface area contributed by atoms with Crippen LogP contribution in [0.5, 0.6) is 0 Å². The van der Waals surface area contributed by atoms with Gasteiger partial charge in [0.1, 0.15) is 0 Å². The van der Waals surface area contributed by atoms with Crippen LogP contribution in [0.1, 0.15) is 24.8 Å². The second kappa shape index (κ2) is 6.73. The highest BCUT2D eigenvalue weighted by molar-refractivity contribution is 7.90. The zero-order valence-corrected chi connectivity index (χ0v) is 12.3. The van der Waals surface area contributed by atoms with Gasteiger partial charge in [0.05, 0.1) is 0 Å². The number of hydrogen-bond donors (Lipinski definition) is 2. The number of anilines is 1. The van der Waals surface area contributed by atoms with E-state index in [0.717, 1.165) is 25.3 Å². The molecule has 7 heteroatoms. The summed E-state index contributed by atoms with van der Waals surface area (Å²) < 4.78 is 28.3. The van der Waals surface area contributed by atoms with Crippen LogP contribution in [-0.2, 0) is 15.0 Å². The Kier molecular flexibility index (Phi) is 4.98. The number of carboxylic acids is 1. The predicted molar refractivity (Wildman–Crippen MR) is 81.1 cm³/mol. The van der Waals surface area contributed by atoms with Crippen molar-refractivity contribution in [1.29, 1.82) is 0 Å². The Hall–Kier alpha value is -1.86. The smallest absolute Gasteiger partial charge is 0.328 e. The molecule has 0 amide bonds. The van der Waals surface area contributed by atoms with Crippen LogP contribution < -0.4 is 4.72 Å². The molecule has 2 rings (SSSR count). The maximum atomic E-state index is 12.2. The van der Waals surface area contributed by atoms with Crippen LogP contribution in [-0.4, -0.2) is 36.9 Å². The summed E-state index contributed by atoms with van der Waals surface area (Å²) in [5.41, 5.74) is 1.16. The van der Waals surface area contributed by atoms with Crippen molar-refractivity contribution < 1.29 is 18.3 Å². The van der Waals surface area contributed by atoms with Gasteiger partial charge in [0.2, 0.25) is 0 Å². The molecular formula is C14H18N2O4S. The first kappa shape index (κ1) is 15.5. The molecule has 0 unspecified atom stereocenters. The Morgan fingerprint density at radius 3 is 2.33 bits per heavy atom. The highest BCUT2D eigenvalue weighted by Gasteiger charge is 2.23. The Bertz CT molecular complexity index is 617. The monoisotopic (exact) mass is 310 g/mol. The largest absolute Gasteiger partial charge is 0.478 e. The molecule has 1 aliphatic heterocycles. The maximum absolute atomic E-state index is 12.2. The van der Waals surface area contributed by atoms with Gasteiger partial charge in [-0.25, -0.2) is 4.79 Å². The van der Waals surface area contributed by atoms with E-state index < -0.39 is 16.2 Å². The van der Waals surface area contributed by atoms with E-state index >= 15 is 0 Å². The molecule has 1 aromatic carbocycles. The van der Waals surface area contributed by atoms with Crippen molar-refractivity contribution in [1.82, 2.24) is 4.31 Å². The predicted octanol–water partition coefficient (Wildman–Crippen LogP) is 1.93. The zero-order chi connectivity index (χ0) is 15.3. The normalized spacial score (nSPS) is 17.0. The van der Waals surface area contributed by atoms with Gasteiger partial charge in [-0.3, -0.25) is 4.72 Å². The molecule has 0 bridgehead atoms. The SMILES string of the molecule is O=C(O)/C=C/c1ccc(NS(=O)(=O)N2CCCCC2)cc1. The Balaban J connectivity index is 2.04. The number of carbonyl (C=O) groups is 1. The van der Waals surface area contributed by atoms with Crippen molar-refractivity contribution in [3.8, 4) is 0 Å². The van der Waals surface area contributed by atoms with E-state index in [1.807, 2.05) is 0 Å². The van der Waals surface area contributed by atoms with Crippen molar-refractivity contribution in [2.45, 2.75) is 19.3 Å². The van der Waals surface area contributed by atoms with Gasteiger partial charge in [0.25, 0.3) is 0 Å². The molecule has 0 radical (unpaired) electrons. The van der Waals surface area contributed by atoms with Crippen molar-refractivity contribution in [2.75, 3.05) is 17.8 Å². The van der Waals surface area contributed by atoms with Crippen LogP contribution in [0.2, 0.25) is 0 Å². The molecule has 1 saturated heterocycles. The number of aliphatic carboxylic acids is 1. The van der Waals surface area contributed by atoms with Crippen molar-refractivity contribution in [2.24, 2.45) is 0 Å². The second-order valence-electron chi connectivity index (χ2n) is 4.86. The third kappa shape index (κ3) is 4.57. The van der Waals surface area contributed by atoms with Gasteiger partial charge in [-0.1, -0.05) is 18.6 Å². The van der Waals surface area contributed by atoms with Gasteiger partial charge < -0.3 is 5.11 Å². The summed E-state index contributed by atoms with van der Waals surface area (Å²) in [5.74, 6) is -1.02. The van der Waals surface area contributed by atoms with Gasteiger partial charge in [-0.15, -0.1) is 0 Å². The third-order valence-corrected chi connectivity index (χ3v) is 4.77. The number of nitrogens with one attached hydrogen (secondary N) is 1. The summed E-state index contributed by atoms with van der Waals surface area (Å²) in [4.78, 5) is 10.4. The third-order valence-electron chi connectivity index (χ3n) is 3.23. The first-order valence-electron chi connectivity index (χ1n) is 6.76. The minimum Gasteiger partial charge on any atom is -0.478 e. The summed E-state index contributed by atoms with van der Waals surface area (Å²) in [5, 5.41) is 8.54. The molecule has 6 nitrogen and oxygen atoms in total. The molecule has 2 N–H and O–H groups in total.